The molecule has 6 nitrogen and oxygen atoms in total. The molecule has 1 N–H and O–H groups in total. The van der Waals surface area contributed by atoms with Crippen LogP contribution in [0.3, 0.4) is 0 Å². The molecule has 7 heteroatoms. The topological polar surface area (TPSA) is 57.7 Å². The summed E-state index contributed by atoms with van der Waals surface area (Å²) < 4.78 is 8.59. The van der Waals surface area contributed by atoms with Gasteiger partial charge < -0.3 is 19.3 Å². The van der Waals surface area contributed by atoms with Crippen LogP contribution in [0, 0.1) is 13.8 Å². The summed E-state index contributed by atoms with van der Waals surface area (Å²) in [5, 5.41) is 0.0348. The number of hydrogen-bond acceptors (Lipinski definition) is 6. The van der Waals surface area contributed by atoms with Crippen molar-refractivity contribution < 1.29 is 9.53 Å². The van der Waals surface area contributed by atoms with E-state index < -0.39 is 0 Å². The third-order valence-electron chi connectivity index (χ3n) is 5.57. The first-order valence-corrected chi connectivity index (χ1v) is 11.0. The van der Waals surface area contributed by atoms with Gasteiger partial charge in [0.15, 0.2) is 0 Å². The number of nitrogens with one attached hydrogen (secondary N) is 1. The molecule has 1 aliphatic carbocycles. The van der Waals surface area contributed by atoms with Gasteiger partial charge in [0.2, 0.25) is 5.88 Å². The molecule has 29 heavy (non-hydrogen) atoms. The molecule has 1 aliphatic heterocycles. The lowest BCUT2D eigenvalue weighted by Gasteiger charge is -2.36. The molecule has 1 aromatic heterocycles. The van der Waals surface area contributed by atoms with Crippen molar-refractivity contribution in [2.45, 2.75) is 33.1 Å². The highest BCUT2D eigenvalue weighted by Gasteiger charge is 2.23. The van der Waals surface area contributed by atoms with Gasteiger partial charge in [0.05, 0.1) is 7.11 Å². The number of ether oxygens (including phenoxy) is 1. The van der Waals surface area contributed by atoms with Gasteiger partial charge in [0.1, 0.15) is 5.69 Å². The van der Waals surface area contributed by atoms with Crippen molar-refractivity contribution in [2.75, 3.05) is 42.9 Å². The maximum absolute atomic E-state index is 12.7. The van der Waals surface area contributed by atoms with Gasteiger partial charge >= 0.3 is 5.24 Å². The van der Waals surface area contributed by atoms with Gasteiger partial charge in [0.25, 0.3) is 0 Å². The van der Waals surface area contributed by atoms with E-state index in [2.05, 4.69) is 52.7 Å². The number of carbonyl (C=O) groups is 1. The number of nitrogens with zero attached hydrogens (tertiary/aromatic N) is 3. The van der Waals surface area contributed by atoms with Crippen molar-refractivity contribution in [3.63, 3.8) is 0 Å². The van der Waals surface area contributed by atoms with Crippen LogP contribution in [0.25, 0.3) is 0 Å². The summed E-state index contributed by atoms with van der Waals surface area (Å²) >= 11 is 1.11. The van der Waals surface area contributed by atoms with Gasteiger partial charge in [-0.1, -0.05) is 6.07 Å². The van der Waals surface area contributed by atoms with Crippen LogP contribution in [-0.4, -0.2) is 48.4 Å². The summed E-state index contributed by atoms with van der Waals surface area (Å²) in [6.45, 7) is 7.39. The molecule has 4 rings (SSSR count). The van der Waals surface area contributed by atoms with Crippen LogP contribution in [0.2, 0.25) is 0 Å². The normalized spacial score (nSPS) is 16.0. The number of anilines is 2. The minimum absolute atomic E-state index is 0.0348. The number of methoxy groups -OCH3 is 1. The predicted molar refractivity (Wildman–Crippen MR) is 119 cm³/mol. The summed E-state index contributed by atoms with van der Waals surface area (Å²) in [5.41, 5.74) is 6.94. The van der Waals surface area contributed by atoms with Crippen LogP contribution < -0.4 is 14.4 Å². The fourth-order valence-corrected chi connectivity index (χ4v) is 4.78. The van der Waals surface area contributed by atoms with Crippen LogP contribution in [-0.2, 0) is 12.8 Å². The van der Waals surface area contributed by atoms with Crippen molar-refractivity contribution in [2.24, 2.45) is 0 Å². The van der Waals surface area contributed by atoms with E-state index in [9.17, 15) is 4.79 Å². The summed E-state index contributed by atoms with van der Waals surface area (Å²) in [5.74, 6) is 0.561. The van der Waals surface area contributed by atoms with Gasteiger partial charge in [-0.15, -0.1) is 0 Å². The number of aromatic nitrogens is 1. The number of benzene rings is 1. The molecular formula is C22H28N4O2S. The zero-order valence-corrected chi connectivity index (χ0v) is 18.1. The number of amides is 1. The molecule has 0 bridgehead atoms. The molecule has 154 valence electrons. The molecule has 2 aliphatic rings. The van der Waals surface area contributed by atoms with Gasteiger partial charge in [-0.2, -0.15) is 0 Å². The highest BCUT2D eigenvalue weighted by molar-refractivity contribution is 8.14. The van der Waals surface area contributed by atoms with Crippen LogP contribution in [0.4, 0.5) is 16.2 Å². The molecule has 1 fully saturated rings. The molecule has 2 aromatic rings. The molecule has 0 saturated carbocycles. The van der Waals surface area contributed by atoms with E-state index in [1.807, 2.05) is 4.90 Å². The van der Waals surface area contributed by atoms with Gasteiger partial charge in [-0.25, -0.2) is 4.98 Å². The third kappa shape index (κ3) is 4.45. The van der Waals surface area contributed by atoms with Gasteiger partial charge in [-0.3, -0.25) is 4.79 Å². The lowest BCUT2D eigenvalue weighted by atomic mass is 10.1. The van der Waals surface area contributed by atoms with Crippen LogP contribution in [0.15, 0.2) is 24.3 Å². The Bertz CT molecular complexity index is 890. The minimum Gasteiger partial charge on any atom is -0.479 e. The number of piperazine rings is 1. The van der Waals surface area contributed by atoms with E-state index in [0.29, 0.717) is 5.88 Å². The van der Waals surface area contributed by atoms with Crippen molar-refractivity contribution in [3.05, 3.63) is 46.6 Å². The van der Waals surface area contributed by atoms with E-state index in [0.717, 1.165) is 68.8 Å². The lowest BCUT2D eigenvalue weighted by Crippen LogP contribution is -2.47. The van der Waals surface area contributed by atoms with Crippen molar-refractivity contribution in [1.82, 2.24) is 9.88 Å². The van der Waals surface area contributed by atoms with Crippen LogP contribution in [0.1, 0.15) is 28.8 Å². The molecule has 2 heterocycles. The van der Waals surface area contributed by atoms with Gasteiger partial charge in [-0.05, 0) is 68.0 Å². The average Bonchev–Trinajstić information content (AvgIpc) is 3.18. The zero-order valence-electron chi connectivity index (χ0n) is 17.3. The highest BCUT2D eigenvalue weighted by Crippen LogP contribution is 2.32. The minimum atomic E-state index is 0.0348. The summed E-state index contributed by atoms with van der Waals surface area (Å²) in [6, 6.07) is 8.70. The lowest BCUT2D eigenvalue weighted by molar-refractivity contribution is 0.219. The molecular weight excluding hydrogens is 384 g/mol. The van der Waals surface area contributed by atoms with Crippen molar-refractivity contribution >= 4 is 28.6 Å². The number of pyridine rings is 1. The Labute approximate surface area is 176 Å². The van der Waals surface area contributed by atoms with E-state index >= 15 is 0 Å². The standard InChI is InChI=1S/C22H28N4O2S/c1-15-11-16(2)13-18(12-15)25-7-9-26(10-8-25)22(27)29-24-20-14-17-5-4-6-19(17)23-21(20)28-3/h11-14,24H,4-10H2,1-3H3. The molecule has 0 atom stereocenters. The second-order valence-electron chi connectivity index (χ2n) is 7.79. The molecule has 0 spiro atoms. The number of fused-ring (bicyclic) bond motifs is 1. The van der Waals surface area contributed by atoms with E-state index in [-0.39, 0.29) is 5.24 Å². The SMILES string of the molecule is COc1nc2c(cc1NSC(=O)N1CCN(c3cc(C)cc(C)c3)CC1)CCC2. The Morgan fingerprint density at radius 2 is 1.79 bits per heavy atom. The predicted octanol–water partition coefficient (Wildman–Crippen LogP) is 4.20. The third-order valence-corrected chi connectivity index (χ3v) is 6.32. The Balaban J connectivity index is 1.34. The molecule has 0 radical (unpaired) electrons. The summed E-state index contributed by atoms with van der Waals surface area (Å²) in [7, 11) is 1.62. The van der Waals surface area contributed by atoms with E-state index in [1.54, 1.807) is 7.11 Å². The summed E-state index contributed by atoms with van der Waals surface area (Å²) in [4.78, 5) is 21.6. The first kappa shape index (κ1) is 19.9. The number of carbonyl (C=O) groups excluding carboxylic acids is 1. The Kier molecular flexibility index (Phi) is 5.85. The van der Waals surface area contributed by atoms with E-state index in [1.165, 1.54) is 22.4 Å². The van der Waals surface area contributed by atoms with Crippen LogP contribution in [0.5, 0.6) is 5.88 Å². The van der Waals surface area contributed by atoms with Crippen molar-refractivity contribution in [3.8, 4) is 5.88 Å². The summed E-state index contributed by atoms with van der Waals surface area (Å²) in [6.07, 6.45) is 3.18. The van der Waals surface area contributed by atoms with Gasteiger partial charge in [0, 0.05) is 49.5 Å². The Morgan fingerprint density at radius 1 is 1.07 bits per heavy atom. The van der Waals surface area contributed by atoms with Crippen LogP contribution >= 0.6 is 11.9 Å². The second-order valence-corrected chi connectivity index (χ2v) is 8.55. The molecule has 1 saturated heterocycles. The van der Waals surface area contributed by atoms with E-state index in [4.69, 9.17) is 4.74 Å². The second kappa shape index (κ2) is 8.53. The first-order valence-electron chi connectivity index (χ1n) is 10.2. The Hall–Kier alpha value is -2.41. The number of hydrogen-bond donors (Lipinski definition) is 1. The molecule has 0 unspecified atom stereocenters. The molecule has 1 amide bonds. The Morgan fingerprint density at radius 3 is 2.48 bits per heavy atom. The largest absolute Gasteiger partial charge is 0.479 e. The molecule has 1 aromatic carbocycles. The number of rotatable bonds is 4. The highest BCUT2D eigenvalue weighted by atomic mass is 32.2. The van der Waals surface area contributed by atoms with Crippen molar-refractivity contribution in [1.29, 1.82) is 0 Å². The maximum Gasteiger partial charge on any atom is 0.302 e. The first-order chi connectivity index (χ1) is 14.0. The fourth-order valence-electron chi connectivity index (χ4n) is 4.13. The maximum atomic E-state index is 12.7. The fraction of sp³-hybridized carbons (Fsp3) is 0.455. The smallest absolute Gasteiger partial charge is 0.302 e. The quantitative estimate of drug-likeness (QED) is 0.760. The number of aryl methyl sites for hydroxylation is 4. The zero-order chi connectivity index (χ0) is 20.4. The average molecular weight is 413 g/mol. The monoisotopic (exact) mass is 412 g/mol.